The zero-order valence-electron chi connectivity index (χ0n) is 13.8. The minimum absolute atomic E-state index is 0.292. The fraction of sp³-hybridized carbons (Fsp3) is 0.0909. The van der Waals surface area contributed by atoms with Gasteiger partial charge < -0.3 is 4.74 Å². The van der Waals surface area contributed by atoms with E-state index in [-0.39, 0.29) is 0 Å². The summed E-state index contributed by atoms with van der Waals surface area (Å²) in [6.07, 6.45) is 1.04. The quantitative estimate of drug-likeness (QED) is 0.529. The van der Waals surface area contributed by atoms with Crippen LogP contribution in [0, 0.1) is 12.3 Å². The molecule has 0 unspecified atom stereocenters. The lowest BCUT2D eigenvalue weighted by molar-refractivity contribution is -0.137. The first-order chi connectivity index (χ1) is 12.5. The van der Waals surface area contributed by atoms with E-state index >= 15 is 0 Å². The van der Waals surface area contributed by atoms with E-state index in [1.165, 1.54) is 6.07 Å². The van der Waals surface area contributed by atoms with Crippen molar-refractivity contribution in [1.82, 2.24) is 0 Å². The first-order valence-electron chi connectivity index (χ1n) is 7.92. The summed E-state index contributed by atoms with van der Waals surface area (Å²) in [6.45, 7) is 0.292. The Bertz CT molecular complexity index is 938. The van der Waals surface area contributed by atoms with Crippen LogP contribution in [-0.2, 0) is 12.8 Å². The molecule has 0 radical (unpaired) electrons. The van der Waals surface area contributed by atoms with Gasteiger partial charge in [0.2, 0.25) is 0 Å². The summed E-state index contributed by atoms with van der Waals surface area (Å²) in [7, 11) is 0. The summed E-state index contributed by atoms with van der Waals surface area (Å²) in [5.41, 5.74) is 1.83. The molecule has 0 N–H and O–H groups in total. The molecule has 0 aromatic heterocycles. The Kier molecular flexibility index (Phi) is 4.99. The molecule has 0 bridgehead atoms. The SMILES string of the molecule is C#Cc1ccc(-c2cccc(C(F)(F)F)c2)c(OCc2ccccc2)c1. The molecule has 3 rings (SSSR count). The van der Waals surface area contributed by atoms with Gasteiger partial charge in [-0.2, -0.15) is 13.2 Å². The predicted molar refractivity (Wildman–Crippen MR) is 95.6 cm³/mol. The minimum Gasteiger partial charge on any atom is -0.488 e. The van der Waals surface area contributed by atoms with Gasteiger partial charge in [-0.25, -0.2) is 0 Å². The smallest absolute Gasteiger partial charge is 0.416 e. The Morgan fingerprint density at radius 2 is 1.65 bits per heavy atom. The van der Waals surface area contributed by atoms with Crippen LogP contribution in [0.1, 0.15) is 16.7 Å². The topological polar surface area (TPSA) is 9.23 Å². The van der Waals surface area contributed by atoms with E-state index in [0.717, 1.165) is 17.7 Å². The number of hydrogen-bond acceptors (Lipinski definition) is 1. The Hall–Kier alpha value is -3.19. The third-order valence-electron chi connectivity index (χ3n) is 3.89. The zero-order valence-corrected chi connectivity index (χ0v) is 13.8. The van der Waals surface area contributed by atoms with Gasteiger partial charge in [-0.05, 0) is 41.5 Å². The van der Waals surface area contributed by atoms with Crippen LogP contribution < -0.4 is 4.74 Å². The van der Waals surface area contributed by atoms with E-state index in [1.807, 2.05) is 30.3 Å². The standard InChI is InChI=1S/C22H15F3O/c1-2-16-11-12-20(18-9-6-10-19(14-18)22(23,24)25)21(13-16)26-15-17-7-4-3-5-8-17/h1,3-14H,15H2. The van der Waals surface area contributed by atoms with Crippen molar-refractivity contribution in [1.29, 1.82) is 0 Å². The van der Waals surface area contributed by atoms with Gasteiger partial charge in [-0.1, -0.05) is 48.4 Å². The Morgan fingerprint density at radius 3 is 2.35 bits per heavy atom. The molecule has 3 aromatic carbocycles. The molecule has 0 saturated heterocycles. The first-order valence-corrected chi connectivity index (χ1v) is 7.92. The van der Waals surface area contributed by atoms with Gasteiger partial charge in [-0.15, -0.1) is 6.42 Å². The van der Waals surface area contributed by atoms with E-state index in [9.17, 15) is 13.2 Å². The van der Waals surface area contributed by atoms with E-state index in [2.05, 4.69) is 5.92 Å². The third-order valence-corrected chi connectivity index (χ3v) is 3.89. The van der Waals surface area contributed by atoms with Crippen LogP contribution in [0.5, 0.6) is 5.75 Å². The second-order valence-electron chi connectivity index (χ2n) is 5.71. The second-order valence-corrected chi connectivity index (χ2v) is 5.71. The number of ether oxygens (including phenoxy) is 1. The largest absolute Gasteiger partial charge is 0.488 e. The van der Waals surface area contributed by atoms with Crippen LogP contribution >= 0.6 is 0 Å². The van der Waals surface area contributed by atoms with Crippen LogP contribution in [0.2, 0.25) is 0 Å². The van der Waals surface area contributed by atoms with Crippen molar-refractivity contribution in [2.75, 3.05) is 0 Å². The number of halogens is 3. The summed E-state index contributed by atoms with van der Waals surface area (Å²) in [5.74, 6) is 2.97. The molecule has 0 heterocycles. The lowest BCUT2D eigenvalue weighted by atomic mass is 10.0. The van der Waals surface area contributed by atoms with Crippen molar-refractivity contribution >= 4 is 0 Å². The van der Waals surface area contributed by atoms with Crippen LogP contribution in [0.25, 0.3) is 11.1 Å². The van der Waals surface area contributed by atoms with Gasteiger partial charge in [0.1, 0.15) is 12.4 Å². The monoisotopic (exact) mass is 352 g/mol. The molecule has 0 atom stereocenters. The number of benzene rings is 3. The minimum atomic E-state index is -4.40. The molecule has 0 amide bonds. The molecule has 26 heavy (non-hydrogen) atoms. The van der Waals surface area contributed by atoms with Gasteiger partial charge in [0.25, 0.3) is 0 Å². The Morgan fingerprint density at radius 1 is 0.885 bits per heavy atom. The molecule has 1 nitrogen and oxygen atoms in total. The summed E-state index contributed by atoms with van der Waals surface area (Å²) in [6, 6.07) is 19.7. The van der Waals surface area contributed by atoms with Crippen LogP contribution in [-0.4, -0.2) is 0 Å². The van der Waals surface area contributed by atoms with Gasteiger partial charge in [-0.3, -0.25) is 0 Å². The van der Waals surface area contributed by atoms with Gasteiger partial charge in [0.15, 0.2) is 0 Å². The molecule has 3 aromatic rings. The number of hydrogen-bond donors (Lipinski definition) is 0. The molecular formula is C22H15F3O. The highest BCUT2D eigenvalue weighted by molar-refractivity contribution is 5.72. The summed E-state index contributed by atoms with van der Waals surface area (Å²) < 4.78 is 44.9. The van der Waals surface area contributed by atoms with Crippen LogP contribution in [0.15, 0.2) is 72.8 Å². The molecule has 0 fully saturated rings. The van der Waals surface area contributed by atoms with Gasteiger partial charge in [0.05, 0.1) is 5.56 Å². The lowest BCUT2D eigenvalue weighted by Crippen LogP contribution is -2.04. The molecule has 0 aliphatic rings. The van der Waals surface area contributed by atoms with E-state index < -0.39 is 11.7 Å². The van der Waals surface area contributed by atoms with E-state index in [0.29, 0.717) is 29.0 Å². The molecule has 0 aliphatic heterocycles. The first kappa shape index (κ1) is 17.6. The summed E-state index contributed by atoms with van der Waals surface area (Å²) >= 11 is 0. The number of terminal acetylenes is 1. The van der Waals surface area contributed by atoms with Gasteiger partial charge in [0, 0.05) is 11.1 Å². The average molecular weight is 352 g/mol. The fourth-order valence-corrected chi connectivity index (χ4v) is 2.57. The van der Waals surface area contributed by atoms with Crippen molar-refractivity contribution in [2.45, 2.75) is 12.8 Å². The van der Waals surface area contributed by atoms with Crippen molar-refractivity contribution in [2.24, 2.45) is 0 Å². The summed E-state index contributed by atoms with van der Waals surface area (Å²) in [5, 5.41) is 0. The van der Waals surface area contributed by atoms with Crippen molar-refractivity contribution < 1.29 is 17.9 Å². The molecule has 0 saturated carbocycles. The highest BCUT2D eigenvalue weighted by Crippen LogP contribution is 2.36. The van der Waals surface area contributed by atoms with E-state index in [4.69, 9.17) is 11.2 Å². The van der Waals surface area contributed by atoms with Crippen LogP contribution in [0.4, 0.5) is 13.2 Å². The Labute approximate surface area is 150 Å². The molecule has 130 valence electrons. The maximum Gasteiger partial charge on any atom is 0.416 e. The van der Waals surface area contributed by atoms with Gasteiger partial charge >= 0.3 is 6.18 Å². The summed E-state index contributed by atoms with van der Waals surface area (Å²) in [4.78, 5) is 0. The zero-order chi connectivity index (χ0) is 18.6. The van der Waals surface area contributed by atoms with Crippen molar-refractivity contribution in [3.05, 3.63) is 89.5 Å². The lowest BCUT2D eigenvalue weighted by Gasteiger charge is -2.14. The highest BCUT2D eigenvalue weighted by atomic mass is 19.4. The fourth-order valence-electron chi connectivity index (χ4n) is 2.57. The molecular weight excluding hydrogens is 337 g/mol. The molecule has 4 heteroatoms. The third kappa shape index (κ3) is 4.07. The highest BCUT2D eigenvalue weighted by Gasteiger charge is 2.30. The van der Waals surface area contributed by atoms with E-state index in [1.54, 1.807) is 24.3 Å². The normalized spacial score (nSPS) is 11.0. The molecule has 0 aliphatic carbocycles. The van der Waals surface area contributed by atoms with Crippen molar-refractivity contribution in [3.63, 3.8) is 0 Å². The maximum absolute atomic E-state index is 13.0. The van der Waals surface area contributed by atoms with Crippen molar-refractivity contribution in [3.8, 4) is 29.2 Å². The second kappa shape index (κ2) is 7.37. The number of rotatable bonds is 4. The van der Waals surface area contributed by atoms with Crippen LogP contribution in [0.3, 0.4) is 0 Å². The predicted octanol–water partition coefficient (Wildman–Crippen LogP) is 5.93. The molecule has 0 spiro atoms. The Balaban J connectivity index is 1.98. The average Bonchev–Trinajstić information content (AvgIpc) is 2.66. The number of alkyl halides is 3. The maximum atomic E-state index is 13.0.